The van der Waals surface area contributed by atoms with Crippen LogP contribution in [0.4, 0.5) is 5.82 Å². The highest BCUT2D eigenvalue weighted by Gasteiger charge is 2.25. The maximum absolute atomic E-state index is 5.29. The molecule has 0 aliphatic carbocycles. The van der Waals surface area contributed by atoms with Gasteiger partial charge in [-0.3, -0.25) is 0 Å². The molecule has 3 heterocycles. The molecule has 0 atom stereocenters. The third kappa shape index (κ3) is 3.91. The fourth-order valence-electron chi connectivity index (χ4n) is 4.35. The maximum atomic E-state index is 5.29. The Morgan fingerprint density at radius 2 is 1.73 bits per heavy atom. The number of anilines is 1. The van der Waals surface area contributed by atoms with Crippen molar-refractivity contribution in [1.82, 2.24) is 24.3 Å². The Bertz CT molecular complexity index is 1050. The fourth-order valence-corrected chi connectivity index (χ4v) is 4.35. The van der Waals surface area contributed by atoms with E-state index in [2.05, 4.69) is 80.2 Å². The highest BCUT2D eigenvalue weighted by atomic mass is 15.3. The summed E-state index contributed by atoms with van der Waals surface area (Å²) in [5.41, 5.74) is 6.01. The summed E-state index contributed by atoms with van der Waals surface area (Å²) in [6, 6.07) is 4.61. The Kier molecular flexibility index (Phi) is 5.49. The second kappa shape index (κ2) is 7.82. The van der Waals surface area contributed by atoms with Gasteiger partial charge in [0.05, 0.1) is 17.4 Å². The first-order valence-corrected chi connectivity index (χ1v) is 11.0. The molecule has 1 aliphatic rings. The number of aryl methyl sites for hydroxylation is 1. The van der Waals surface area contributed by atoms with Gasteiger partial charge in [0.15, 0.2) is 5.82 Å². The largest absolute Gasteiger partial charge is 0.352 e. The van der Waals surface area contributed by atoms with Gasteiger partial charge in [-0.25, -0.2) is 9.97 Å². The third-order valence-corrected chi connectivity index (χ3v) is 6.18. The Balaban J connectivity index is 2.00. The van der Waals surface area contributed by atoms with E-state index in [1.54, 1.807) is 0 Å². The summed E-state index contributed by atoms with van der Waals surface area (Å²) in [7, 11) is 6.43. The van der Waals surface area contributed by atoms with Crippen LogP contribution in [0.3, 0.4) is 0 Å². The average Bonchev–Trinajstić information content (AvgIpc) is 3.09. The number of pyridine rings is 1. The van der Waals surface area contributed by atoms with Crippen LogP contribution >= 0.6 is 0 Å². The van der Waals surface area contributed by atoms with Crippen molar-refractivity contribution in [2.75, 3.05) is 58.8 Å². The van der Waals surface area contributed by atoms with E-state index in [9.17, 15) is 0 Å². The van der Waals surface area contributed by atoms with Crippen molar-refractivity contribution >= 4 is 27.8 Å². The number of nitrogens with zero attached hydrogens (tertiary/aromatic N) is 6. The Morgan fingerprint density at radius 3 is 2.37 bits per heavy atom. The van der Waals surface area contributed by atoms with Crippen molar-refractivity contribution in [3.63, 3.8) is 0 Å². The molecule has 162 valence electrons. The predicted molar refractivity (Wildman–Crippen MR) is 127 cm³/mol. The van der Waals surface area contributed by atoms with Gasteiger partial charge < -0.3 is 19.3 Å². The Hall–Kier alpha value is -2.18. The Labute approximate surface area is 180 Å². The minimum absolute atomic E-state index is 0.0266. The molecule has 1 fully saturated rings. The second-order valence-electron chi connectivity index (χ2n) is 10.1. The normalized spacial score (nSPS) is 16.3. The molecule has 0 amide bonds. The lowest BCUT2D eigenvalue weighted by Crippen LogP contribution is -2.45. The summed E-state index contributed by atoms with van der Waals surface area (Å²) in [4.78, 5) is 17.2. The van der Waals surface area contributed by atoms with Crippen molar-refractivity contribution in [3.8, 4) is 0 Å². The molecule has 2 aromatic heterocycles. The van der Waals surface area contributed by atoms with Crippen LogP contribution in [0.2, 0.25) is 0 Å². The zero-order valence-electron chi connectivity index (χ0n) is 19.7. The lowest BCUT2D eigenvalue weighted by atomic mass is 9.84. The molecule has 1 saturated heterocycles. The van der Waals surface area contributed by atoms with Crippen LogP contribution in [-0.2, 0) is 12.0 Å². The summed E-state index contributed by atoms with van der Waals surface area (Å²) in [6.45, 7) is 15.0. The van der Waals surface area contributed by atoms with Crippen LogP contribution in [0, 0.1) is 6.92 Å². The number of rotatable bonds is 4. The van der Waals surface area contributed by atoms with Gasteiger partial charge in [0.2, 0.25) is 0 Å². The van der Waals surface area contributed by atoms with Crippen molar-refractivity contribution in [1.29, 1.82) is 0 Å². The topological polar surface area (TPSA) is 40.4 Å². The molecular formula is C24H36N6. The minimum Gasteiger partial charge on any atom is -0.352 e. The summed E-state index contributed by atoms with van der Waals surface area (Å²) in [5.74, 6) is 1.04. The first-order chi connectivity index (χ1) is 14.1. The molecule has 1 aliphatic heterocycles. The highest BCUT2D eigenvalue weighted by molar-refractivity contribution is 6.08. The molecule has 0 bridgehead atoms. The zero-order chi connectivity index (χ0) is 21.6. The number of aromatic nitrogens is 3. The summed E-state index contributed by atoms with van der Waals surface area (Å²) >= 11 is 0. The summed E-state index contributed by atoms with van der Waals surface area (Å²) in [6.07, 6.45) is 2.01. The SMILES string of the molecule is Cc1cc(C(C)(C)C)c2nc(N3CCN(C)CC3)c3ncn(CCN(C)C)c3c2c1. The van der Waals surface area contributed by atoms with Gasteiger partial charge in [0.1, 0.15) is 5.52 Å². The maximum Gasteiger partial charge on any atom is 0.157 e. The van der Waals surface area contributed by atoms with Gasteiger partial charge in [0, 0.05) is 44.7 Å². The van der Waals surface area contributed by atoms with Crippen LogP contribution < -0.4 is 4.90 Å². The molecule has 0 saturated carbocycles. The minimum atomic E-state index is 0.0266. The van der Waals surface area contributed by atoms with E-state index in [0.717, 1.165) is 56.1 Å². The van der Waals surface area contributed by atoms with Crippen LogP contribution in [0.15, 0.2) is 18.5 Å². The first kappa shape index (κ1) is 21.1. The molecular weight excluding hydrogens is 372 g/mol. The Morgan fingerprint density at radius 1 is 1.03 bits per heavy atom. The van der Waals surface area contributed by atoms with Crippen molar-refractivity contribution in [2.24, 2.45) is 0 Å². The quantitative estimate of drug-likeness (QED) is 0.661. The number of fused-ring (bicyclic) bond motifs is 3. The first-order valence-electron chi connectivity index (χ1n) is 11.0. The average molecular weight is 409 g/mol. The molecule has 0 radical (unpaired) electrons. The molecule has 3 aromatic rings. The van der Waals surface area contributed by atoms with Gasteiger partial charge >= 0.3 is 0 Å². The van der Waals surface area contributed by atoms with Crippen LogP contribution in [0.5, 0.6) is 0 Å². The highest BCUT2D eigenvalue weighted by Crippen LogP contribution is 2.37. The summed E-state index contributed by atoms with van der Waals surface area (Å²) < 4.78 is 2.32. The summed E-state index contributed by atoms with van der Waals surface area (Å²) in [5, 5.41) is 1.23. The molecule has 6 nitrogen and oxygen atoms in total. The van der Waals surface area contributed by atoms with E-state index in [1.165, 1.54) is 22.0 Å². The van der Waals surface area contributed by atoms with E-state index >= 15 is 0 Å². The smallest absolute Gasteiger partial charge is 0.157 e. The van der Waals surface area contributed by atoms with E-state index in [-0.39, 0.29) is 5.41 Å². The molecule has 6 heteroatoms. The standard InChI is InChI=1S/C24H36N6/c1-17-14-18-20(19(15-17)24(2,3)4)26-23(29-12-9-28(7)10-13-29)21-22(18)30(16-25-21)11-8-27(5)6/h14-16H,8-13H2,1-7H3. The monoisotopic (exact) mass is 408 g/mol. The number of piperazine rings is 1. The molecule has 0 spiro atoms. The van der Waals surface area contributed by atoms with Gasteiger partial charge in [-0.1, -0.05) is 32.4 Å². The van der Waals surface area contributed by atoms with Crippen molar-refractivity contribution in [3.05, 3.63) is 29.6 Å². The molecule has 4 rings (SSSR count). The van der Waals surface area contributed by atoms with Gasteiger partial charge in [-0.15, -0.1) is 0 Å². The van der Waals surface area contributed by atoms with Crippen LogP contribution in [-0.4, -0.2) is 78.2 Å². The number of likely N-dealkylation sites (N-methyl/N-ethyl adjacent to an activating group) is 2. The third-order valence-electron chi connectivity index (χ3n) is 6.18. The van der Waals surface area contributed by atoms with Gasteiger partial charge in [0.25, 0.3) is 0 Å². The fraction of sp³-hybridized carbons (Fsp3) is 0.583. The van der Waals surface area contributed by atoms with Crippen molar-refractivity contribution < 1.29 is 0 Å². The van der Waals surface area contributed by atoms with E-state index in [4.69, 9.17) is 9.97 Å². The van der Waals surface area contributed by atoms with Crippen LogP contribution in [0.1, 0.15) is 31.9 Å². The van der Waals surface area contributed by atoms with E-state index in [1.807, 2.05) is 6.33 Å². The lowest BCUT2D eigenvalue weighted by Gasteiger charge is -2.33. The lowest BCUT2D eigenvalue weighted by molar-refractivity contribution is 0.312. The molecule has 0 N–H and O–H groups in total. The molecule has 30 heavy (non-hydrogen) atoms. The second-order valence-corrected chi connectivity index (χ2v) is 10.1. The number of benzene rings is 1. The molecule has 0 unspecified atom stereocenters. The number of hydrogen-bond acceptors (Lipinski definition) is 5. The van der Waals surface area contributed by atoms with E-state index in [0.29, 0.717) is 0 Å². The van der Waals surface area contributed by atoms with Crippen LogP contribution in [0.25, 0.3) is 21.9 Å². The number of hydrogen-bond donors (Lipinski definition) is 0. The zero-order valence-corrected chi connectivity index (χ0v) is 19.7. The van der Waals surface area contributed by atoms with Gasteiger partial charge in [-0.05, 0) is 45.1 Å². The van der Waals surface area contributed by atoms with Gasteiger partial charge in [-0.2, -0.15) is 0 Å². The number of imidazole rings is 1. The molecule has 1 aromatic carbocycles. The predicted octanol–water partition coefficient (Wildman–Crippen LogP) is 3.50. The van der Waals surface area contributed by atoms with Crippen molar-refractivity contribution in [2.45, 2.75) is 39.7 Å². The van der Waals surface area contributed by atoms with E-state index < -0.39 is 0 Å².